The van der Waals surface area contributed by atoms with E-state index in [2.05, 4.69) is 42.2 Å². The molecule has 2 heterocycles. The second-order valence-corrected chi connectivity index (χ2v) is 4.83. The monoisotopic (exact) mass is 344 g/mol. The molecule has 0 aliphatic carbocycles. The lowest BCUT2D eigenvalue weighted by atomic mass is 10.3. The number of halogens is 2. The van der Waals surface area contributed by atoms with Crippen molar-refractivity contribution in [2.75, 3.05) is 0 Å². The average Bonchev–Trinajstić information content (AvgIpc) is 2.60. The summed E-state index contributed by atoms with van der Waals surface area (Å²) >= 11 is 6.67. The summed E-state index contributed by atoms with van der Waals surface area (Å²) in [5.41, 5.74) is 1.02. The van der Waals surface area contributed by atoms with Crippen LogP contribution in [-0.4, -0.2) is 4.98 Å². The molecule has 84 valence electrons. The van der Waals surface area contributed by atoms with Crippen LogP contribution in [0.2, 0.25) is 0 Å². The number of rotatable bonds is 4. The molecule has 0 saturated heterocycles. The van der Waals surface area contributed by atoms with Crippen molar-refractivity contribution in [1.29, 1.82) is 0 Å². The van der Waals surface area contributed by atoms with Crippen molar-refractivity contribution in [3.63, 3.8) is 0 Å². The predicted molar refractivity (Wildman–Crippen MR) is 68.9 cm³/mol. The second-order valence-electron chi connectivity index (χ2n) is 3.26. The maximum Gasteiger partial charge on any atom is 0.183 e. The van der Waals surface area contributed by atoms with Crippen molar-refractivity contribution in [1.82, 2.24) is 10.3 Å². The fraction of sp³-hybridized carbons (Fsp3) is 0.182. The van der Waals surface area contributed by atoms with E-state index in [-0.39, 0.29) is 0 Å². The Bertz CT molecular complexity index is 437. The van der Waals surface area contributed by atoms with Crippen LogP contribution in [-0.2, 0) is 13.1 Å². The molecule has 0 saturated carbocycles. The van der Waals surface area contributed by atoms with Gasteiger partial charge < -0.3 is 9.73 Å². The Morgan fingerprint density at radius 3 is 2.75 bits per heavy atom. The number of nitrogens with zero attached hydrogens (tertiary/aromatic N) is 1. The maximum atomic E-state index is 5.44. The summed E-state index contributed by atoms with van der Waals surface area (Å²) in [5.74, 6) is 0.884. The molecule has 0 aromatic carbocycles. The van der Waals surface area contributed by atoms with E-state index in [9.17, 15) is 0 Å². The summed E-state index contributed by atoms with van der Waals surface area (Å²) in [7, 11) is 0. The first-order valence-electron chi connectivity index (χ1n) is 4.80. The highest BCUT2D eigenvalue weighted by Crippen LogP contribution is 2.26. The van der Waals surface area contributed by atoms with Gasteiger partial charge in [-0.05, 0) is 50.1 Å². The minimum atomic E-state index is 0.681. The van der Waals surface area contributed by atoms with Gasteiger partial charge in [0, 0.05) is 12.7 Å². The van der Waals surface area contributed by atoms with E-state index >= 15 is 0 Å². The van der Waals surface area contributed by atoms with Crippen LogP contribution in [0.5, 0.6) is 0 Å². The maximum absolute atomic E-state index is 5.44. The second kappa shape index (κ2) is 5.61. The molecule has 0 radical (unpaired) electrons. The van der Waals surface area contributed by atoms with Gasteiger partial charge in [0.25, 0.3) is 0 Å². The lowest BCUT2D eigenvalue weighted by Crippen LogP contribution is -2.12. The molecule has 0 unspecified atom stereocenters. The van der Waals surface area contributed by atoms with Gasteiger partial charge in [-0.25, -0.2) is 0 Å². The van der Waals surface area contributed by atoms with E-state index < -0.39 is 0 Å². The van der Waals surface area contributed by atoms with Gasteiger partial charge in [-0.15, -0.1) is 0 Å². The number of pyridine rings is 1. The summed E-state index contributed by atoms with van der Waals surface area (Å²) in [6, 6.07) is 7.81. The zero-order chi connectivity index (χ0) is 11.4. The van der Waals surface area contributed by atoms with Crippen LogP contribution in [0.25, 0.3) is 0 Å². The SMILES string of the molecule is Brc1cc(CNCc2ccccn2)oc1Br. The summed E-state index contributed by atoms with van der Waals surface area (Å²) in [4.78, 5) is 4.22. The minimum absolute atomic E-state index is 0.681. The number of nitrogens with one attached hydrogen (secondary N) is 1. The predicted octanol–water partition coefficient (Wildman–Crippen LogP) is 3.49. The minimum Gasteiger partial charge on any atom is -0.452 e. The lowest BCUT2D eigenvalue weighted by molar-refractivity contribution is 0.463. The van der Waals surface area contributed by atoms with Gasteiger partial charge in [0.05, 0.1) is 16.7 Å². The van der Waals surface area contributed by atoms with E-state index in [1.54, 1.807) is 6.20 Å². The average molecular weight is 346 g/mol. The normalized spacial score (nSPS) is 10.6. The third-order valence-corrected chi connectivity index (χ3v) is 3.74. The third-order valence-electron chi connectivity index (χ3n) is 2.03. The number of aromatic nitrogens is 1. The first-order valence-corrected chi connectivity index (χ1v) is 6.38. The molecule has 5 heteroatoms. The first-order chi connectivity index (χ1) is 7.75. The molecular formula is C11H10Br2N2O. The fourth-order valence-electron chi connectivity index (χ4n) is 1.29. The molecule has 0 spiro atoms. The van der Waals surface area contributed by atoms with E-state index in [0.717, 1.165) is 27.1 Å². The molecule has 1 N–H and O–H groups in total. The summed E-state index contributed by atoms with van der Waals surface area (Å²) < 4.78 is 7.10. The molecule has 0 aliphatic heterocycles. The molecule has 0 amide bonds. The molecule has 0 bridgehead atoms. The van der Waals surface area contributed by atoms with Crippen molar-refractivity contribution in [2.24, 2.45) is 0 Å². The molecule has 0 aliphatic rings. The van der Waals surface area contributed by atoms with Gasteiger partial charge in [-0.2, -0.15) is 0 Å². The van der Waals surface area contributed by atoms with Gasteiger partial charge in [0.2, 0.25) is 0 Å². The Morgan fingerprint density at radius 2 is 2.12 bits per heavy atom. The van der Waals surface area contributed by atoms with Crippen LogP contribution in [0.4, 0.5) is 0 Å². The van der Waals surface area contributed by atoms with Gasteiger partial charge in [0.1, 0.15) is 5.76 Å². The Morgan fingerprint density at radius 1 is 1.25 bits per heavy atom. The smallest absolute Gasteiger partial charge is 0.183 e. The van der Waals surface area contributed by atoms with Crippen LogP contribution in [0.3, 0.4) is 0 Å². The molecule has 2 aromatic heterocycles. The zero-order valence-corrected chi connectivity index (χ0v) is 11.6. The van der Waals surface area contributed by atoms with Gasteiger partial charge >= 0.3 is 0 Å². The van der Waals surface area contributed by atoms with Crippen molar-refractivity contribution < 1.29 is 4.42 Å². The number of hydrogen-bond donors (Lipinski definition) is 1. The third kappa shape index (κ3) is 3.17. The molecule has 2 rings (SSSR count). The Labute approximate surface area is 111 Å². The van der Waals surface area contributed by atoms with E-state index in [4.69, 9.17) is 4.42 Å². The topological polar surface area (TPSA) is 38.1 Å². The van der Waals surface area contributed by atoms with Crippen molar-refractivity contribution in [2.45, 2.75) is 13.1 Å². The highest BCUT2D eigenvalue weighted by Gasteiger charge is 2.05. The van der Waals surface area contributed by atoms with E-state index in [1.165, 1.54) is 0 Å². The van der Waals surface area contributed by atoms with Gasteiger partial charge in [-0.3, -0.25) is 4.98 Å². The number of hydrogen-bond acceptors (Lipinski definition) is 3. The largest absolute Gasteiger partial charge is 0.452 e. The summed E-state index contributed by atoms with van der Waals surface area (Å²) in [6.45, 7) is 1.41. The van der Waals surface area contributed by atoms with Gasteiger partial charge in [-0.1, -0.05) is 6.07 Å². The first kappa shape index (κ1) is 11.8. The standard InChI is InChI=1S/C11H10Br2N2O/c12-10-5-9(16-11(10)13)7-14-6-8-3-1-2-4-15-8/h1-5,14H,6-7H2. The van der Waals surface area contributed by atoms with E-state index in [0.29, 0.717) is 6.54 Å². The quantitative estimate of drug-likeness (QED) is 0.921. The van der Waals surface area contributed by atoms with Crippen molar-refractivity contribution >= 4 is 31.9 Å². The van der Waals surface area contributed by atoms with Crippen LogP contribution in [0, 0.1) is 0 Å². The molecule has 3 nitrogen and oxygen atoms in total. The van der Waals surface area contributed by atoms with E-state index in [1.807, 2.05) is 24.3 Å². The zero-order valence-electron chi connectivity index (χ0n) is 8.41. The highest BCUT2D eigenvalue weighted by molar-refractivity contribution is 9.13. The Hall–Kier alpha value is -0.650. The molecule has 2 aromatic rings. The fourth-order valence-corrected chi connectivity index (χ4v) is 1.95. The van der Waals surface area contributed by atoms with Crippen LogP contribution in [0.15, 0.2) is 44.0 Å². The molecule has 16 heavy (non-hydrogen) atoms. The van der Waals surface area contributed by atoms with Crippen LogP contribution in [0.1, 0.15) is 11.5 Å². The summed E-state index contributed by atoms with van der Waals surface area (Å²) in [6.07, 6.45) is 1.79. The lowest BCUT2D eigenvalue weighted by Gasteiger charge is -2.01. The number of furan rings is 1. The van der Waals surface area contributed by atoms with Crippen molar-refractivity contribution in [3.05, 3.63) is 51.1 Å². The van der Waals surface area contributed by atoms with Crippen LogP contribution >= 0.6 is 31.9 Å². The van der Waals surface area contributed by atoms with Crippen molar-refractivity contribution in [3.8, 4) is 0 Å². The molecule has 0 fully saturated rings. The Kier molecular flexibility index (Phi) is 4.15. The Balaban J connectivity index is 1.84. The summed E-state index contributed by atoms with van der Waals surface area (Å²) in [5, 5.41) is 3.26. The van der Waals surface area contributed by atoms with Crippen LogP contribution < -0.4 is 5.32 Å². The van der Waals surface area contributed by atoms with Gasteiger partial charge in [0.15, 0.2) is 4.67 Å². The molecule has 0 atom stereocenters. The highest BCUT2D eigenvalue weighted by atomic mass is 79.9. The molecular weight excluding hydrogens is 336 g/mol.